The van der Waals surface area contributed by atoms with Crippen LogP contribution in [0.15, 0.2) is 48.5 Å². The van der Waals surface area contributed by atoms with Crippen LogP contribution in [0.25, 0.3) is 11.1 Å². The van der Waals surface area contributed by atoms with Gasteiger partial charge in [0.25, 0.3) is 0 Å². The van der Waals surface area contributed by atoms with Gasteiger partial charge in [0.2, 0.25) is 5.88 Å². The van der Waals surface area contributed by atoms with Crippen LogP contribution in [0.2, 0.25) is 0 Å². The number of pyridine rings is 1. The van der Waals surface area contributed by atoms with E-state index < -0.39 is 9.84 Å². The second-order valence-corrected chi connectivity index (χ2v) is 12.4. The fourth-order valence-corrected chi connectivity index (χ4v) is 6.23. The maximum Gasteiger partial charge on any atom is 0.213 e. The molecule has 0 saturated heterocycles. The van der Waals surface area contributed by atoms with Gasteiger partial charge in [-0.3, -0.25) is 0 Å². The van der Waals surface area contributed by atoms with Crippen LogP contribution in [0, 0.1) is 25.7 Å². The molecule has 1 saturated carbocycles. The van der Waals surface area contributed by atoms with Gasteiger partial charge in [0.15, 0.2) is 0 Å². The molecule has 1 fully saturated rings. The lowest BCUT2D eigenvalue weighted by Gasteiger charge is -2.14. The number of rotatable bonds is 9. The van der Waals surface area contributed by atoms with Gasteiger partial charge in [-0.25, -0.2) is 13.4 Å². The second-order valence-electron chi connectivity index (χ2n) is 10.2. The summed E-state index contributed by atoms with van der Waals surface area (Å²) in [5.41, 5.74) is 8.23. The molecule has 0 aliphatic heterocycles. The van der Waals surface area contributed by atoms with Crippen molar-refractivity contribution in [1.29, 1.82) is 0 Å². The zero-order valence-electron chi connectivity index (χ0n) is 20.9. The Kier molecular flexibility index (Phi) is 6.34. The maximum atomic E-state index is 11.3. The predicted octanol–water partition coefficient (Wildman–Crippen LogP) is 5.66. The lowest BCUT2D eigenvalue weighted by Crippen LogP contribution is -2.09. The molecule has 1 aromatic heterocycles. The van der Waals surface area contributed by atoms with Crippen molar-refractivity contribution < 1.29 is 17.9 Å². The first-order chi connectivity index (χ1) is 16.7. The highest BCUT2D eigenvalue weighted by Crippen LogP contribution is 2.61. The van der Waals surface area contributed by atoms with Crippen LogP contribution < -0.4 is 9.47 Å². The van der Waals surface area contributed by atoms with Crippen LogP contribution in [0.1, 0.15) is 47.2 Å². The fraction of sp³-hybridized carbons (Fsp3) is 0.414. The number of hydrogen-bond donors (Lipinski definition) is 0. The Morgan fingerprint density at radius 1 is 1.06 bits per heavy atom. The summed E-state index contributed by atoms with van der Waals surface area (Å²) in [6.07, 6.45) is 2.88. The molecule has 5 rings (SSSR count). The Hall–Kier alpha value is -2.86. The number of ether oxygens (including phenoxy) is 2. The molecule has 2 aliphatic rings. The molecule has 3 atom stereocenters. The van der Waals surface area contributed by atoms with Crippen molar-refractivity contribution in [3.8, 4) is 22.8 Å². The molecule has 0 amide bonds. The van der Waals surface area contributed by atoms with E-state index in [4.69, 9.17) is 9.47 Å². The number of sulfone groups is 1. The van der Waals surface area contributed by atoms with Gasteiger partial charge < -0.3 is 9.47 Å². The zero-order chi connectivity index (χ0) is 24.7. The molecular formula is C29H33NO4S. The summed E-state index contributed by atoms with van der Waals surface area (Å²) in [5.74, 6) is 4.05. The Bertz CT molecular complexity index is 1340. The summed E-state index contributed by atoms with van der Waals surface area (Å²) in [4.78, 5) is 4.61. The van der Waals surface area contributed by atoms with Crippen LogP contribution in [0.4, 0.5) is 0 Å². The summed E-state index contributed by atoms with van der Waals surface area (Å²) < 4.78 is 34.5. The van der Waals surface area contributed by atoms with Crippen molar-refractivity contribution in [3.63, 3.8) is 0 Å². The smallest absolute Gasteiger partial charge is 0.213 e. The van der Waals surface area contributed by atoms with E-state index in [2.05, 4.69) is 54.4 Å². The fourth-order valence-electron chi connectivity index (χ4n) is 5.59. The van der Waals surface area contributed by atoms with Gasteiger partial charge in [0.1, 0.15) is 22.2 Å². The van der Waals surface area contributed by atoms with Gasteiger partial charge in [-0.2, -0.15) is 0 Å². The lowest BCUT2D eigenvalue weighted by atomic mass is 9.98. The van der Waals surface area contributed by atoms with Gasteiger partial charge in [0, 0.05) is 23.6 Å². The van der Waals surface area contributed by atoms with E-state index in [-0.39, 0.29) is 5.75 Å². The standard InChI is InChI=1S/C29H33NO4S/c1-18-13-27(33-11-6-12-35(4,31)32)30-20(3)28(18)22-8-5-7-21(14-22)17-34-24-9-10-25-23(15-24)16-26-19(2)29(25)26/h5,7-10,13-15,19,26,29H,6,11-12,16-17H2,1-4H3/t19-,26-,29-/m0/s1. The van der Waals surface area contributed by atoms with Crippen LogP contribution in [0.5, 0.6) is 11.6 Å². The van der Waals surface area contributed by atoms with Crippen molar-refractivity contribution in [2.75, 3.05) is 18.6 Å². The van der Waals surface area contributed by atoms with E-state index in [1.165, 1.54) is 23.8 Å². The molecular weight excluding hydrogens is 458 g/mol. The van der Waals surface area contributed by atoms with Crippen molar-refractivity contribution in [1.82, 2.24) is 4.98 Å². The minimum absolute atomic E-state index is 0.115. The summed E-state index contributed by atoms with van der Waals surface area (Å²) in [6.45, 7) is 7.23. The lowest BCUT2D eigenvalue weighted by molar-refractivity contribution is 0.305. The normalized spacial score (nSPS) is 20.3. The minimum Gasteiger partial charge on any atom is -0.489 e. The first kappa shape index (κ1) is 23.9. The molecule has 0 unspecified atom stereocenters. The molecule has 0 radical (unpaired) electrons. The van der Waals surface area contributed by atoms with Gasteiger partial charge in [-0.05, 0) is 90.5 Å². The molecule has 0 spiro atoms. The highest BCUT2D eigenvalue weighted by molar-refractivity contribution is 7.90. The molecule has 3 aromatic rings. The average Bonchev–Trinajstić information content (AvgIpc) is 3.25. The van der Waals surface area contributed by atoms with Crippen molar-refractivity contribution >= 4 is 9.84 Å². The van der Waals surface area contributed by atoms with Crippen LogP contribution >= 0.6 is 0 Å². The minimum atomic E-state index is -2.98. The third-order valence-corrected chi connectivity index (χ3v) is 8.43. The molecule has 2 aliphatic carbocycles. The zero-order valence-corrected chi connectivity index (χ0v) is 21.7. The maximum absolute atomic E-state index is 11.3. The molecule has 184 valence electrons. The van der Waals surface area contributed by atoms with Crippen LogP contribution in [-0.2, 0) is 22.9 Å². The summed E-state index contributed by atoms with van der Waals surface area (Å²) in [6, 6.07) is 16.9. The van der Waals surface area contributed by atoms with Crippen LogP contribution in [-0.4, -0.2) is 32.0 Å². The first-order valence-corrected chi connectivity index (χ1v) is 14.4. The van der Waals surface area contributed by atoms with Crippen LogP contribution in [0.3, 0.4) is 0 Å². The second kappa shape index (κ2) is 9.30. The number of hydrogen-bond acceptors (Lipinski definition) is 5. The topological polar surface area (TPSA) is 65.5 Å². The predicted molar refractivity (Wildman–Crippen MR) is 139 cm³/mol. The summed E-state index contributed by atoms with van der Waals surface area (Å²) in [7, 11) is -2.98. The molecule has 0 N–H and O–H groups in total. The van der Waals surface area contributed by atoms with Gasteiger partial charge in [-0.15, -0.1) is 0 Å². The van der Waals surface area contributed by atoms with E-state index in [0.29, 0.717) is 25.5 Å². The average molecular weight is 492 g/mol. The highest BCUT2D eigenvalue weighted by Gasteiger charge is 2.52. The van der Waals surface area contributed by atoms with Crippen molar-refractivity contribution in [3.05, 3.63) is 76.5 Å². The number of nitrogens with zero attached hydrogens (tertiary/aromatic N) is 1. The SMILES string of the molecule is Cc1cc(OCCCS(C)(=O)=O)nc(C)c1-c1cccc(COc2ccc3c(c2)C[C@H]2[C@H](C)[C@@H]32)c1. The van der Waals surface area contributed by atoms with Gasteiger partial charge >= 0.3 is 0 Å². The van der Waals surface area contributed by atoms with E-state index in [1.807, 2.05) is 19.9 Å². The number of benzene rings is 2. The molecule has 2 aromatic carbocycles. The van der Waals surface area contributed by atoms with Gasteiger partial charge in [-0.1, -0.05) is 31.2 Å². The van der Waals surface area contributed by atoms with Crippen molar-refractivity contribution in [2.45, 2.75) is 46.1 Å². The molecule has 35 heavy (non-hydrogen) atoms. The number of aryl methyl sites for hydroxylation is 2. The Balaban J connectivity index is 1.24. The summed E-state index contributed by atoms with van der Waals surface area (Å²) in [5, 5.41) is 0. The largest absolute Gasteiger partial charge is 0.489 e. The highest BCUT2D eigenvalue weighted by atomic mass is 32.2. The molecule has 1 heterocycles. The Labute approximate surface area is 208 Å². The number of fused-ring (bicyclic) bond motifs is 3. The molecule has 6 heteroatoms. The third-order valence-electron chi connectivity index (χ3n) is 7.40. The van der Waals surface area contributed by atoms with Gasteiger partial charge in [0.05, 0.1) is 12.4 Å². The summed E-state index contributed by atoms with van der Waals surface area (Å²) >= 11 is 0. The quantitative estimate of drug-likeness (QED) is 0.361. The van der Waals surface area contributed by atoms with E-state index in [1.54, 1.807) is 0 Å². The van der Waals surface area contributed by atoms with E-state index in [0.717, 1.165) is 51.5 Å². The molecule has 0 bridgehead atoms. The van der Waals surface area contributed by atoms with E-state index >= 15 is 0 Å². The van der Waals surface area contributed by atoms with E-state index in [9.17, 15) is 8.42 Å². The molecule has 5 nitrogen and oxygen atoms in total. The monoisotopic (exact) mass is 491 g/mol. The number of aromatic nitrogens is 1. The third kappa shape index (κ3) is 5.22. The first-order valence-electron chi connectivity index (χ1n) is 12.3. The Morgan fingerprint density at radius 2 is 1.89 bits per heavy atom. The Morgan fingerprint density at radius 3 is 2.66 bits per heavy atom. The van der Waals surface area contributed by atoms with Crippen molar-refractivity contribution in [2.24, 2.45) is 11.8 Å².